The van der Waals surface area contributed by atoms with Gasteiger partial charge < -0.3 is 5.32 Å². The minimum absolute atomic E-state index is 0.228. The molecule has 0 aliphatic carbocycles. The molecular weight excluding hydrogens is 232 g/mol. The van der Waals surface area contributed by atoms with E-state index in [9.17, 15) is 8.78 Å². The van der Waals surface area contributed by atoms with Gasteiger partial charge in [-0.15, -0.1) is 0 Å². The molecule has 1 unspecified atom stereocenters. The van der Waals surface area contributed by atoms with Crippen molar-refractivity contribution >= 4 is 22.9 Å². The third-order valence-electron chi connectivity index (χ3n) is 1.56. The van der Waals surface area contributed by atoms with E-state index in [0.29, 0.717) is 0 Å². The van der Waals surface area contributed by atoms with E-state index >= 15 is 0 Å². The third kappa shape index (κ3) is 2.98. The molecule has 0 aromatic rings. The highest BCUT2D eigenvalue weighted by Crippen LogP contribution is 2.11. The molecular formula is C6H10ClF2N5O. The van der Waals surface area contributed by atoms with Gasteiger partial charge in [0.15, 0.2) is 6.29 Å². The number of nitrogens with one attached hydrogen (secondary N) is 2. The van der Waals surface area contributed by atoms with Crippen molar-refractivity contribution in [3.8, 4) is 0 Å². The van der Waals surface area contributed by atoms with E-state index in [4.69, 9.17) is 11.6 Å². The molecule has 0 spiro atoms. The fraction of sp³-hybridized carbons (Fsp3) is 0.667. The van der Waals surface area contributed by atoms with Crippen LogP contribution in [0.5, 0.6) is 0 Å². The zero-order valence-corrected chi connectivity index (χ0v) is 8.79. The molecule has 0 radical (unpaired) electrons. The summed E-state index contributed by atoms with van der Waals surface area (Å²) in [6.07, 6.45) is -0.748. The molecule has 1 rings (SSSR count). The lowest BCUT2D eigenvalue weighted by Gasteiger charge is -2.33. The monoisotopic (exact) mass is 241 g/mol. The maximum Gasteiger partial charge on any atom is 0.365 e. The molecule has 0 bridgehead atoms. The van der Waals surface area contributed by atoms with Gasteiger partial charge >= 0.3 is 6.61 Å². The van der Waals surface area contributed by atoms with Gasteiger partial charge in [0.2, 0.25) is 11.3 Å². The smallest absolute Gasteiger partial charge is 0.320 e. The SMILES string of the molecule is CN=C1N=C(Cl)N(OC(F)F)C(NC)N1. The van der Waals surface area contributed by atoms with Crippen molar-refractivity contribution in [2.75, 3.05) is 14.1 Å². The van der Waals surface area contributed by atoms with Crippen LogP contribution in [0, 0.1) is 0 Å². The van der Waals surface area contributed by atoms with E-state index in [0.717, 1.165) is 5.06 Å². The first-order valence-electron chi connectivity index (χ1n) is 3.97. The quantitative estimate of drug-likeness (QED) is 0.690. The van der Waals surface area contributed by atoms with Crippen LogP contribution in [0.3, 0.4) is 0 Å². The second kappa shape index (κ2) is 5.19. The highest BCUT2D eigenvalue weighted by atomic mass is 35.5. The summed E-state index contributed by atoms with van der Waals surface area (Å²) in [5.41, 5.74) is 0. The van der Waals surface area contributed by atoms with E-state index in [-0.39, 0.29) is 11.3 Å². The van der Waals surface area contributed by atoms with Gasteiger partial charge in [0.25, 0.3) is 0 Å². The van der Waals surface area contributed by atoms with Crippen LogP contribution in [0.1, 0.15) is 0 Å². The lowest BCUT2D eigenvalue weighted by Crippen LogP contribution is -2.59. The topological polar surface area (TPSA) is 61.2 Å². The molecule has 0 aromatic heterocycles. The number of guanidine groups is 1. The van der Waals surface area contributed by atoms with Crippen molar-refractivity contribution < 1.29 is 13.6 Å². The van der Waals surface area contributed by atoms with Crippen molar-refractivity contribution in [1.82, 2.24) is 15.7 Å². The molecule has 1 heterocycles. The molecule has 0 aromatic carbocycles. The molecule has 2 N–H and O–H groups in total. The van der Waals surface area contributed by atoms with E-state index in [1.54, 1.807) is 7.05 Å². The standard InChI is InChI=1S/C6H10ClF2N5O/c1-10-5-12-3(7)14(15-4(8)9)6(11-2)13-5/h4,6,11H,1-2H3,(H,10,13). The van der Waals surface area contributed by atoms with Crippen LogP contribution in [-0.2, 0) is 4.84 Å². The van der Waals surface area contributed by atoms with E-state index < -0.39 is 12.9 Å². The van der Waals surface area contributed by atoms with Crippen LogP contribution in [0.4, 0.5) is 8.78 Å². The van der Waals surface area contributed by atoms with Crippen LogP contribution in [0.25, 0.3) is 0 Å². The van der Waals surface area contributed by atoms with Crippen LogP contribution in [0.15, 0.2) is 9.98 Å². The van der Waals surface area contributed by atoms with E-state index in [1.807, 2.05) is 0 Å². The summed E-state index contributed by atoms with van der Waals surface area (Å²) in [6, 6.07) is 0. The minimum Gasteiger partial charge on any atom is -0.320 e. The number of aliphatic imine (C=N–C) groups is 2. The summed E-state index contributed by atoms with van der Waals surface area (Å²) in [4.78, 5) is 11.6. The maximum atomic E-state index is 12.0. The Kier molecular flexibility index (Phi) is 4.18. The van der Waals surface area contributed by atoms with Gasteiger partial charge in [0.1, 0.15) is 0 Å². The lowest BCUT2D eigenvalue weighted by atomic mass is 10.6. The van der Waals surface area contributed by atoms with E-state index in [2.05, 4.69) is 25.5 Å². The van der Waals surface area contributed by atoms with Gasteiger partial charge in [-0.1, -0.05) is 0 Å². The second-order valence-corrected chi connectivity index (χ2v) is 2.79. The number of hydrogen-bond donors (Lipinski definition) is 2. The molecule has 1 atom stereocenters. The lowest BCUT2D eigenvalue weighted by molar-refractivity contribution is -0.267. The average molecular weight is 242 g/mol. The number of amidine groups is 1. The van der Waals surface area contributed by atoms with Crippen LogP contribution >= 0.6 is 11.6 Å². The summed E-state index contributed by atoms with van der Waals surface area (Å²) in [5.74, 6) is 0.230. The zero-order valence-electron chi connectivity index (χ0n) is 8.04. The van der Waals surface area contributed by atoms with Gasteiger partial charge in [-0.2, -0.15) is 23.7 Å². The Morgan fingerprint density at radius 2 is 2.40 bits per heavy atom. The molecule has 15 heavy (non-hydrogen) atoms. The molecule has 0 saturated carbocycles. The predicted octanol–water partition coefficient (Wildman–Crippen LogP) is 0.129. The highest BCUT2D eigenvalue weighted by Gasteiger charge is 2.29. The van der Waals surface area contributed by atoms with Crippen LogP contribution < -0.4 is 10.6 Å². The molecule has 6 nitrogen and oxygen atoms in total. The first-order valence-corrected chi connectivity index (χ1v) is 4.35. The van der Waals surface area contributed by atoms with Gasteiger partial charge in [0, 0.05) is 7.05 Å². The number of nitrogens with zero attached hydrogens (tertiary/aromatic N) is 3. The Labute approximate surface area is 89.9 Å². The van der Waals surface area contributed by atoms with Crippen molar-refractivity contribution in [2.45, 2.75) is 12.9 Å². The summed E-state index contributed by atoms with van der Waals surface area (Å²) >= 11 is 5.63. The first-order chi connectivity index (χ1) is 7.08. The Bertz CT molecular complexity index is 285. The normalized spacial score (nSPS) is 24.4. The molecule has 86 valence electrons. The summed E-state index contributed by atoms with van der Waals surface area (Å²) in [5, 5.41) is 5.83. The highest BCUT2D eigenvalue weighted by molar-refractivity contribution is 6.65. The van der Waals surface area contributed by atoms with Crippen molar-refractivity contribution in [2.24, 2.45) is 9.98 Å². The van der Waals surface area contributed by atoms with Gasteiger partial charge in [-0.3, -0.25) is 10.3 Å². The summed E-state index contributed by atoms with van der Waals surface area (Å²) < 4.78 is 24.0. The van der Waals surface area contributed by atoms with Crippen LogP contribution in [-0.4, -0.2) is 43.3 Å². The molecule has 1 aliphatic heterocycles. The van der Waals surface area contributed by atoms with Gasteiger partial charge in [0.05, 0.1) is 0 Å². The van der Waals surface area contributed by atoms with Crippen molar-refractivity contribution in [3.63, 3.8) is 0 Å². The second-order valence-electron chi connectivity index (χ2n) is 2.46. The molecule has 9 heteroatoms. The molecule has 0 saturated heterocycles. The zero-order chi connectivity index (χ0) is 11.4. The summed E-state index contributed by atoms with van der Waals surface area (Å²) in [6.45, 7) is -2.98. The molecule has 0 amide bonds. The third-order valence-corrected chi connectivity index (χ3v) is 1.81. The Morgan fingerprint density at radius 3 is 2.87 bits per heavy atom. The summed E-state index contributed by atoms with van der Waals surface area (Å²) in [7, 11) is 3.04. The number of alkyl halides is 2. The number of hydroxylamine groups is 2. The maximum absolute atomic E-state index is 12.0. The van der Waals surface area contributed by atoms with Gasteiger partial charge in [-0.05, 0) is 18.6 Å². The molecule has 0 fully saturated rings. The number of rotatable bonds is 3. The van der Waals surface area contributed by atoms with Crippen molar-refractivity contribution in [1.29, 1.82) is 0 Å². The fourth-order valence-corrected chi connectivity index (χ4v) is 1.17. The van der Waals surface area contributed by atoms with Gasteiger partial charge in [-0.25, -0.2) is 0 Å². The fourth-order valence-electron chi connectivity index (χ4n) is 0.951. The van der Waals surface area contributed by atoms with E-state index in [1.165, 1.54) is 7.05 Å². The van der Waals surface area contributed by atoms with Crippen molar-refractivity contribution in [3.05, 3.63) is 0 Å². The minimum atomic E-state index is -2.98. The molecule has 1 aliphatic rings. The first kappa shape index (κ1) is 12.1. The Balaban J connectivity index is 2.83. The average Bonchev–Trinajstić information content (AvgIpc) is 2.20. The number of hydrogen-bond acceptors (Lipinski definition) is 4. The Hall–Kier alpha value is -0.990. The van der Waals surface area contributed by atoms with Crippen LogP contribution in [0.2, 0.25) is 0 Å². The number of halogens is 3. The predicted molar refractivity (Wildman–Crippen MR) is 51.6 cm³/mol. The largest absolute Gasteiger partial charge is 0.365 e. The Morgan fingerprint density at radius 1 is 1.73 bits per heavy atom.